The minimum atomic E-state index is -0.520. The molecule has 0 spiro atoms. The number of nitrogens with one attached hydrogen (secondary N) is 1. The molecule has 2 aromatic carbocycles. The van der Waals surface area contributed by atoms with Crippen LogP contribution in [0, 0.1) is 25.2 Å². The first kappa shape index (κ1) is 25.0. The van der Waals surface area contributed by atoms with Crippen LogP contribution < -0.4 is 14.8 Å². The summed E-state index contributed by atoms with van der Waals surface area (Å²) in [7, 11) is 0. The fourth-order valence-electron chi connectivity index (χ4n) is 2.75. The number of aryl methyl sites for hydroxylation is 2. The maximum atomic E-state index is 12.7. The highest BCUT2D eigenvalue weighted by Gasteiger charge is 2.16. The van der Waals surface area contributed by atoms with Gasteiger partial charge < -0.3 is 19.5 Å². The summed E-state index contributed by atoms with van der Waals surface area (Å²) >= 11 is 3.43. The molecule has 1 amide bonds. The van der Waals surface area contributed by atoms with Gasteiger partial charge in [0.2, 0.25) is 0 Å². The number of nitriles is 1. The van der Waals surface area contributed by atoms with Crippen molar-refractivity contribution in [1.82, 2.24) is 0 Å². The van der Waals surface area contributed by atoms with Gasteiger partial charge in [-0.1, -0.05) is 28.1 Å². The Labute approximate surface area is 196 Å². The molecule has 0 aliphatic rings. The molecule has 0 saturated heterocycles. The highest BCUT2D eigenvalue weighted by Crippen LogP contribution is 2.35. The molecule has 7 nitrogen and oxygen atoms in total. The van der Waals surface area contributed by atoms with E-state index in [-0.39, 0.29) is 18.8 Å². The Balaban J connectivity index is 2.32. The summed E-state index contributed by atoms with van der Waals surface area (Å²) in [6, 6.07) is 10.9. The zero-order valence-electron chi connectivity index (χ0n) is 18.5. The minimum Gasteiger partial charge on any atom is -0.490 e. The minimum absolute atomic E-state index is 0.0748. The Bertz CT molecular complexity index is 1070. The summed E-state index contributed by atoms with van der Waals surface area (Å²) in [5.41, 5.74) is 3.01. The topological polar surface area (TPSA) is 97.7 Å². The summed E-state index contributed by atoms with van der Waals surface area (Å²) in [4.78, 5) is 24.3. The lowest BCUT2D eigenvalue weighted by molar-refractivity contribution is -0.145. The average molecular weight is 501 g/mol. The van der Waals surface area contributed by atoms with Crippen LogP contribution in [0.5, 0.6) is 11.5 Å². The number of amides is 1. The molecule has 32 heavy (non-hydrogen) atoms. The SMILES string of the molecule is CCOC(=O)COc1cc(Br)c(/C=C(\C#N)C(=O)Nc2cc(C)ccc2C)cc1OCC. The third-order valence-corrected chi connectivity index (χ3v) is 5.01. The van der Waals surface area contributed by atoms with Crippen LogP contribution in [0.4, 0.5) is 5.69 Å². The van der Waals surface area contributed by atoms with Gasteiger partial charge >= 0.3 is 5.97 Å². The quantitative estimate of drug-likeness (QED) is 0.297. The molecule has 0 radical (unpaired) electrons. The van der Waals surface area contributed by atoms with Crippen LogP contribution in [0.25, 0.3) is 6.08 Å². The van der Waals surface area contributed by atoms with Crippen molar-refractivity contribution < 1.29 is 23.8 Å². The average Bonchev–Trinajstić information content (AvgIpc) is 2.75. The third kappa shape index (κ3) is 6.86. The molecule has 2 aromatic rings. The largest absolute Gasteiger partial charge is 0.490 e. The summed E-state index contributed by atoms with van der Waals surface area (Å²) < 4.78 is 16.6. The van der Waals surface area contributed by atoms with Crippen molar-refractivity contribution in [1.29, 1.82) is 5.26 Å². The van der Waals surface area contributed by atoms with Gasteiger partial charge in [0.25, 0.3) is 5.91 Å². The van der Waals surface area contributed by atoms with Gasteiger partial charge in [0, 0.05) is 10.2 Å². The first-order chi connectivity index (χ1) is 15.3. The molecule has 0 fully saturated rings. The van der Waals surface area contributed by atoms with Crippen molar-refractivity contribution in [3.8, 4) is 17.6 Å². The predicted molar refractivity (Wildman–Crippen MR) is 126 cm³/mol. The van der Waals surface area contributed by atoms with Crippen molar-refractivity contribution in [2.45, 2.75) is 27.7 Å². The maximum Gasteiger partial charge on any atom is 0.344 e. The fraction of sp³-hybridized carbons (Fsp3) is 0.292. The summed E-state index contributed by atoms with van der Waals surface area (Å²) in [5, 5.41) is 12.4. The molecule has 0 atom stereocenters. The number of nitrogens with zero attached hydrogens (tertiary/aromatic N) is 1. The third-order valence-electron chi connectivity index (χ3n) is 4.32. The second-order valence-corrected chi connectivity index (χ2v) is 7.64. The van der Waals surface area contributed by atoms with Crippen molar-refractivity contribution >= 4 is 39.6 Å². The zero-order valence-corrected chi connectivity index (χ0v) is 20.0. The van der Waals surface area contributed by atoms with E-state index in [0.717, 1.165) is 11.1 Å². The number of ether oxygens (including phenoxy) is 3. The number of esters is 1. The van der Waals surface area contributed by atoms with E-state index in [1.807, 2.05) is 45.0 Å². The summed E-state index contributed by atoms with van der Waals surface area (Å²) in [6.45, 7) is 7.68. The van der Waals surface area contributed by atoms with Gasteiger partial charge in [-0.2, -0.15) is 5.26 Å². The van der Waals surface area contributed by atoms with Crippen LogP contribution in [0.2, 0.25) is 0 Å². The van der Waals surface area contributed by atoms with Gasteiger partial charge in [-0.3, -0.25) is 4.79 Å². The molecular formula is C24H25BrN2O5. The van der Waals surface area contributed by atoms with Crippen molar-refractivity contribution in [3.63, 3.8) is 0 Å². The van der Waals surface area contributed by atoms with Gasteiger partial charge in [0.05, 0.1) is 13.2 Å². The van der Waals surface area contributed by atoms with Crippen molar-refractivity contribution in [3.05, 3.63) is 57.1 Å². The number of rotatable bonds is 9. The Kier molecular flexibility index (Phi) is 9.29. The van der Waals surface area contributed by atoms with E-state index in [1.54, 1.807) is 19.1 Å². The fourth-order valence-corrected chi connectivity index (χ4v) is 3.18. The summed E-state index contributed by atoms with van der Waals surface area (Å²) in [6.07, 6.45) is 1.46. The molecule has 2 rings (SSSR count). The standard InChI is InChI=1S/C24H25BrN2O5/c1-5-30-21-11-17(19(25)12-22(21)32-14-23(28)31-6-2)10-18(13-26)24(29)27-20-9-15(3)7-8-16(20)4/h7-12H,5-6,14H2,1-4H3,(H,27,29)/b18-10+. The van der Waals surface area contributed by atoms with Crippen molar-refractivity contribution in [2.75, 3.05) is 25.1 Å². The Morgan fingerprint density at radius 3 is 2.47 bits per heavy atom. The number of benzene rings is 2. The van der Waals surface area contributed by atoms with Gasteiger partial charge in [-0.05, 0) is 68.7 Å². The second kappa shape index (κ2) is 11.9. The number of hydrogen-bond acceptors (Lipinski definition) is 6. The predicted octanol–water partition coefficient (Wildman–Crippen LogP) is 4.95. The van der Waals surface area contributed by atoms with Gasteiger partial charge in [0.15, 0.2) is 18.1 Å². The first-order valence-corrected chi connectivity index (χ1v) is 10.8. The molecule has 0 unspecified atom stereocenters. The molecule has 0 saturated carbocycles. The van der Waals surface area contributed by atoms with Crippen molar-refractivity contribution in [2.24, 2.45) is 0 Å². The second-order valence-electron chi connectivity index (χ2n) is 6.79. The Morgan fingerprint density at radius 1 is 1.09 bits per heavy atom. The molecule has 0 heterocycles. The van der Waals surface area contributed by atoms with Gasteiger partial charge in [-0.25, -0.2) is 4.79 Å². The van der Waals surface area contributed by atoms with E-state index < -0.39 is 11.9 Å². The lowest BCUT2D eigenvalue weighted by Gasteiger charge is -2.14. The van der Waals surface area contributed by atoms with Crippen LogP contribution in [0.15, 0.2) is 40.4 Å². The molecule has 8 heteroatoms. The molecule has 0 bridgehead atoms. The lowest BCUT2D eigenvalue weighted by Crippen LogP contribution is -2.15. The number of carbonyl (C=O) groups is 2. The highest BCUT2D eigenvalue weighted by atomic mass is 79.9. The molecule has 0 aromatic heterocycles. The van der Waals surface area contributed by atoms with Crippen LogP contribution in [-0.4, -0.2) is 31.7 Å². The molecule has 0 aliphatic heterocycles. The smallest absolute Gasteiger partial charge is 0.344 e. The number of carbonyl (C=O) groups excluding carboxylic acids is 2. The van der Waals surface area contributed by atoms with E-state index in [0.29, 0.717) is 33.8 Å². The summed E-state index contributed by atoms with van der Waals surface area (Å²) in [5.74, 6) is -0.306. The molecule has 168 valence electrons. The van der Waals surface area contributed by atoms with E-state index in [9.17, 15) is 14.9 Å². The Morgan fingerprint density at radius 2 is 1.81 bits per heavy atom. The van der Waals surface area contributed by atoms with Gasteiger partial charge in [0.1, 0.15) is 11.6 Å². The van der Waals surface area contributed by atoms with E-state index in [2.05, 4.69) is 21.2 Å². The highest BCUT2D eigenvalue weighted by molar-refractivity contribution is 9.10. The number of anilines is 1. The van der Waals surface area contributed by atoms with E-state index in [4.69, 9.17) is 14.2 Å². The Hall–Kier alpha value is -3.31. The van der Waals surface area contributed by atoms with Crippen LogP contribution >= 0.6 is 15.9 Å². The molecular weight excluding hydrogens is 476 g/mol. The maximum absolute atomic E-state index is 12.7. The van der Waals surface area contributed by atoms with Crippen LogP contribution in [-0.2, 0) is 14.3 Å². The van der Waals surface area contributed by atoms with Crippen LogP contribution in [0.1, 0.15) is 30.5 Å². The normalized spacial score (nSPS) is 10.8. The van der Waals surface area contributed by atoms with E-state index >= 15 is 0 Å². The van der Waals surface area contributed by atoms with E-state index in [1.165, 1.54) is 6.08 Å². The molecule has 1 N–H and O–H groups in total. The van der Waals surface area contributed by atoms with Crippen LogP contribution in [0.3, 0.4) is 0 Å². The first-order valence-electron chi connectivity index (χ1n) is 10.0. The monoisotopic (exact) mass is 500 g/mol. The lowest BCUT2D eigenvalue weighted by atomic mass is 10.1. The van der Waals surface area contributed by atoms with Gasteiger partial charge in [-0.15, -0.1) is 0 Å². The zero-order chi connectivity index (χ0) is 23.7. The molecule has 0 aliphatic carbocycles. The number of hydrogen-bond donors (Lipinski definition) is 1. The number of halogens is 1.